The van der Waals surface area contributed by atoms with Gasteiger partial charge in [0.05, 0.1) is 19.2 Å². The first-order valence-electron chi connectivity index (χ1n) is 8.62. The number of Topliss-reactive ketones (excluding diaryl/α,β-unsaturated/α-hetero) is 1. The molecule has 0 spiro atoms. The Hall–Kier alpha value is -3.49. The molecule has 29 heavy (non-hydrogen) atoms. The number of ether oxygens (including phenoxy) is 2. The number of rotatable bonds is 7. The van der Waals surface area contributed by atoms with E-state index in [1.54, 1.807) is 24.3 Å². The Morgan fingerprint density at radius 1 is 1.14 bits per heavy atom. The molecule has 1 saturated heterocycles. The summed E-state index contributed by atoms with van der Waals surface area (Å²) in [6, 6.07) is 11.1. The number of para-hydroxylation sites is 1. The maximum absolute atomic E-state index is 12.9. The van der Waals surface area contributed by atoms with Crippen LogP contribution in [0.4, 0.5) is 13.6 Å². The standard InChI is InChI=1S/C20H18F2N2O5/c1-20(12-7-9-13(10-8-12)29-18(21)22)17(26)24(19(27)23-20)11-15(25)14-5-3-4-6-16(14)28-2/h3-10,18H,11H2,1-2H3,(H,23,27). The van der Waals surface area contributed by atoms with Crippen molar-refractivity contribution in [3.63, 3.8) is 0 Å². The fourth-order valence-electron chi connectivity index (χ4n) is 3.11. The van der Waals surface area contributed by atoms with E-state index in [0.717, 1.165) is 4.90 Å². The normalized spacial score (nSPS) is 18.7. The average Bonchev–Trinajstić information content (AvgIpc) is 2.91. The molecule has 1 unspecified atom stereocenters. The van der Waals surface area contributed by atoms with E-state index in [0.29, 0.717) is 11.3 Å². The summed E-state index contributed by atoms with van der Waals surface area (Å²) in [7, 11) is 1.41. The topological polar surface area (TPSA) is 84.9 Å². The molecule has 0 aliphatic carbocycles. The van der Waals surface area contributed by atoms with Gasteiger partial charge in [-0.25, -0.2) is 4.79 Å². The van der Waals surface area contributed by atoms with Gasteiger partial charge in [-0.2, -0.15) is 8.78 Å². The van der Waals surface area contributed by atoms with Gasteiger partial charge in [0, 0.05) is 0 Å². The first-order valence-corrected chi connectivity index (χ1v) is 8.62. The van der Waals surface area contributed by atoms with Gasteiger partial charge in [-0.15, -0.1) is 0 Å². The predicted octanol–water partition coefficient (Wildman–Crippen LogP) is 2.95. The molecule has 152 valence electrons. The Labute approximate surface area is 165 Å². The Morgan fingerprint density at radius 3 is 2.41 bits per heavy atom. The Morgan fingerprint density at radius 2 is 1.79 bits per heavy atom. The molecule has 1 atom stereocenters. The van der Waals surface area contributed by atoms with Crippen molar-refractivity contribution in [3.8, 4) is 11.5 Å². The summed E-state index contributed by atoms with van der Waals surface area (Å²) in [5.41, 5.74) is -0.830. The molecule has 3 rings (SSSR count). The van der Waals surface area contributed by atoms with Crippen molar-refractivity contribution >= 4 is 17.7 Å². The quantitative estimate of drug-likeness (QED) is 0.567. The maximum atomic E-state index is 12.9. The summed E-state index contributed by atoms with van der Waals surface area (Å²) in [5.74, 6) is -0.835. The van der Waals surface area contributed by atoms with E-state index >= 15 is 0 Å². The molecule has 1 heterocycles. The second-order valence-corrected chi connectivity index (χ2v) is 6.47. The molecule has 3 amide bonds. The van der Waals surface area contributed by atoms with Crippen LogP contribution in [0.1, 0.15) is 22.8 Å². The number of halogens is 2. The largest absolute Gasteiger partial charge is 0.496 e. The Bertz CT molecular complexity index is 948. The highest BCUT2D eigenvalue weighted by Crippen LogP contribution is 2.31. The number of methoxy groups -OCH3 is 1. The minimum atomic E-state index is -2.97. The van der Waals surface area contributed by atoms with Crippen molar-refractivity contribution in [2.45, 2.75) is 19.1 Å². The average molecular weight is 404 g/mol. The summed E-state index contributed by atoms with van der Waals surface area (Å²) in [6.45, 7) is -1.96. The molecule has 2 aromatic rings. The number of urea groups is 1. The van der Waals surface area contributed by atoms with Crippen LogP contribution in [0.3, 0.4) is 0 Å². The van der Waals surface area contributed by atoms with Gasteiger partial charge < -0.3 is 14.8 Å². The van der Waals surface area contributed by atoms with Gasteiger partial charge in [-0.1, -0.05) is 24.3 Å². The van der Waals surface area contributed by atoms with E-state index in [1.807, 2.05) is 0 Å². The predicted molar refractivity (Wildman–Crippen MR) is 98.0 cm³/mol. The summed E-state index contributed by atoms with van der Waals surface area (Å²) >= 11 is 0. The number of hydrogen-bond donors (Lipinski definition) is 1. The zero-order valence-electron chi connectivity index (χ0n) is 15.6. The smallest absolute Gasteiger partial charge is 0.387 e. The van der Waals surface area contributed by atoms with Gasteiger partial charge in [-0.05, 0) is 36.8 Å². The molecule has 2 aromatic carbocycles. The van der Waals surface area contributed by atoms with Gasteiger partial charge in [-0.3, -0.25) is 14.5 Å². The number of imide groups is 1. The minimum absolute atomic E-state index is 0.0765. The van der Waals surface area contributed by atoms with Crippen LogP contribution in [-0.2, 0) is 10.3 Å². The second kappa shape index (κ2) is 7.86. The summed E-state index contributed by atoms with van der Waals surface area (Å²) < 4.78 is 34.0. The summed E-state index contributed by atoms with van der Waals surface area (Å²) in [4.78, 5) is 38.8. The van der Waals surface area contributed by atoms with Crippen LogP contribution < -0.4 is 14.8 Å². The van der Waals surface area contributed by atoms with E-state index < -0.39 is 36.4 Å². The van der Waals surface area contributed by atoms with Crippen LogP contribution in [0.25, 0.3) is 0 Å². The SMILES string of the molecule is COc1ccccc1C(=O)CN1C(=O)NC(C)(c2ccc(OC(F)F)cc2)C1=O. The van der Waals surface area contributed by atoms with E-state index in [4.69, 9.17) is 4.74 Å². The molecule has 0 saturated carbocycles. The van der Waals surface area contributed by atoms with Crippen LogP contribution in [-0.4, -0.2) is 42.9 Å². The highest BCUT2D eigenvalue weighted by atomic mass is 19.3. The molecule has 9 heteroatoms. The van der Waals surface area contributed by atoms with Crippen LogP contribution in [0, 0.1) is 0 Å². The highest BCUT2D eigenvalue weighted by molar-refractivity contribution is 6.11. The van der Waals surface area contributed by atoms with E-state index in [9.17, 15) is 23.2 Å². The third kappa shape index (κ3) is 3.89. The molecule has 0 radical (unpaired) electrons. The minimum Gasteiger partial charge on any atom is -0.496 e. The first kappa shape index (κ1) is 20.2. The van der Waals surface area contributed by atoms with Crippen LogP contribution in [0.2, 0.25) is 0 Å². The molecule has 0 aromatic heterocycles. The highest BCUT2D eigenvalue weighted by Gasteiger charge is 2.49. The lowest BCUT2D eigenvalue weighted by molar-refractivity contribution is -0.130. The maximum Gasteiger partial charge on any atom is 0.387 e. The van der Waals surface area contributed by atoms with Crippen LogP contribution in [0.5, 0.6) is 11.5 Å². The zero-order chi connectivity index (χ0) is 21.2. The number of hydrogen-bond acceptors (Lipinski definition) is 5. The molecular weight excluding hydrogens is 386 g/mol. The number of ketones is 1. The van der Waals surface area contributed by atoms with Crippen LogP contribution in [0.15, 0.2) is 48.5 Å². The van der Waals surface area contributed by atoms with Crippen molar-refractivity contribution < 1.29 is 32.6 Å². The molecule has 1 N–H and O–H groups in total. The Kier molecular flexibility index (Phi) is 5.49. The van der Waals surface area contributed by atoms with Gasteiger partial charge in [0.15, 0.2) is 5.78 Å². The van der Waals surface area contributed by atoms with Crippen molar-refractivity contribution in [3.05, 3.63) is 59.7 Å². The number of benzene rings is 2. The van der Waals surface area contributed by atoms with Crippen molar-refractivity contribution in [1.82, 2.24) is 10.2 Å². The summed E-state index contributed by atoms with van der Waals surface area (Å²) in [5, 5.41) is 2.56. The lowest BCUT2D eigenvalue weighted by atomic mass is 9.92. The lowest BCUT2D eigenvalue weighted by Gasteiger charge is -2.22. The molecule has 1 aliphatic heterocycles. The second-order valence-electron chi connectivity index (χ2n) is 6.47. The zero-order valence-corrected chi connectivity index (χ0v) is 15.6. The fraction of sp³-hybridized carbons (Fsp3) is 0.250. The van der Waals surface area contributed by atoms with Gasteiger partial charge >= 0.3 is 12.6 Å². The lowest BCUT2D eigenvalue weighted by Crippen LogP contribution is -2.41. The number of carbonyl (C=O) groups excluding carboxylic acids is 3. The van der Waals surface area contributed by atoms with E-state index in [-0.39, 0.29) is 11.3 Å². The number of carbonyl (C=O) groups is 3. The summed E-state index contributed by atoms with van der Waals surface area (Å²) in [6.07, 6.45) is 0. The number of alkyl halides is 2. The fourth-order valence-corrected chi connectivity index (χ4v) is 3.11. The third-order valence-corrected chi connectivity index (χ3v) is 4.64. The molecule has 1 aliphatic rings. The number of amides is 3. The molecule has 1 fully saturated rings. The van der Waals surface area contributed by atoms with Crippen molar-refractivity contribution in [2.75, 3.05) is 13.7 Å². The third-order valence-electron chi connectivity index (χ3n) is 4.64. The molecular formula is C20H18F2N2O5. The van der Waals surface area contributed by atoms with Gasteiger partial charge in [0.25, 0.3) is 5.91 Å². The number of nitrogens with one attached hydrogen (secondary N) is 1. The molecule has 0 bridgehead atoms. The number of nitrogens with zero attached hydrogens (tertiary/aromatic N) is 1. The van der Waals surface area contributed by atoms with Crippen molar-refractivity contribution in [2.24, 2.45) is 0 Å². The van der Waals surface area contributed by atoms with Gasteiger partial charge in [0.1, 0.15) is 17.0 Å². The van der Waals surface area contributed by atoms with Crippen molar-refractivity contribution in [1.29, 1.82) is 0 Å². The molecule has 7 nitrogen and oxygen atoms in total. The van der Waals surface area contributed by atoms with Crippen LogP contribution >= 0.6 is 0 Å². The first-order chi connectivity index (χ1) is 13.8. The Balaban J connectivity index is 1.81. The van der Waals surface area contributed by atoms with E-state index in [1.165, 1.54) is 38.3 Å². The monoisotopic (exact) mass is 404 g/mol. The van der Waals surface area contributed by atoms with Gasteiger partial charge in [0.2, 0.25) is 0 Å². The van der Waals surface area contributed by atoms with E-state index in [2.05, 4.69) is 10.1 Å².